The summed E-state index contributed by atoms with van der Waals surface area (Å²) in [5.74, 6) is -0.938. The Labute approximate surface area is 241 Å². The van der Waals surface area contributed by atoms with Crippen LogP contribution in [0.4, 0.5) is 13.2 Å². The molecular formula is C26H27ClF3N3O3S3. The van der Waals surface area contributed by atoms with E-state index in [9.17, 15) is 22.8 Å². The molecule has 210 valence electrons. The van der Waals surface area contributed by atoms with Gasteiger partial charge >= 0.3 is 11.5 Å². The Kier molecular flexibility index (Phi) is 8.99. The third-order valence-electron chi connectivity index (χ3n) is 6.31. The summed E-state index contributed by atoms with van der Waals surface area (Å²) in [5, 5.41) is 12.0. The zero-order valence-electron chi connectivity index (χ0n) is 21.5. The van der Waals surface area contributed by atoms with Crippen molar-refractivity contribution in [3.63, 3.8) is 0 Å². The van der Waals surface area contributed by atoms with Crippen LogP contribution in [-0.2, 0) is 27.8 Å². The summed E-state index contributed by atoms with van der Waals surface area (Å²) >= 11 is 9.04. The number of alkyl halides is 3. The molecule has 1 aliphatic rings. The highest BCUT2D eigenvalue weighted by molar-refractivity contribution is 8.00. The summed E-state index contributed by atoms with van der Waals surface area (Å²) < 4.78 is 39.9. The first kappa shape index (κ1) is 29.8. The van der Waals surface area contributed by atoms with Crippen LogP contribution in [0, 0.1) is 0 Å². The van der Waals surface area contributed by atoms with Crippen LogP contribution in [0.1, 0.15) is 60.8 Å². The number of thioether (sulfide) groups is 1. The summed E-state index contributed by atoms with van der Waals surface area (Å²) in [6, 6.07) is 4.90. The van der Waals surface area contributed by atoms with Crippen LogP contribution in [0.3, 0.4) is 0 Å². The number of halogens is 4. The van der Waals surface area contributed by atoms with E-state index in [2.05, 4.69) is 4.98 Å². The van der Waals surface area contributed by atoms with E-state index in [-0.39, 0.29) is 46.7 Å². The molecule has 2 aromatic heterocycles. The molecule has 1 amide bonds. The smallest absolute Gasteiger partial charge is 0.446 e. The highest BCUT2D eigenvalue weighted by atomic mass is 35.5. The lowest BCUT2D eigenvalue weighted by atomic mass is 9.86. The van der Waals surface area contributed by atoms with Crippen molar-refractivity contribution in [2.75, 3.05) is 13.1 Å². The van der Waals surface area contributed by atoms with Crippen LogP contribution in [0.15, 0.2) is 28.5 Å². The number of carboxylic acids is 1. The molecule has 3 heterocycles. The number of hydrogen-bond acceptors (Lipinski definition) is 7. The van der Waals surface area contributed by atoms with Crippen molar-refractivity contribution in [2.45, 2.75) is 68.2 Å². The molecule has 4 rings (SSSR count). The number of carboxylic acid groups (broad SMARTS) is 1. The van der Waals surface area contributed by atoms with E-state index in [1.165, 1.54) is 28.7 Å². The van der Waals surface area contributed by atoms with Crippen molar-refractivity contribution in [1.82, 2.24) is 14.9 Å². The topological polar surface area (TPSA) is 83.4 Å². The van der Waals surface area contributed by atoms with Gasteiger partial charge in [0, 0.05) is 34.8 Å². The molecule has 0 bridgehead atoms. The fourth-order valence-electron chi connectivity index (χ4n) is 4.31. The second-order valence-corrected chi connectivity index (χ2v) is 14.1. The average Bonchev–Trinajstić information content (AvgIpc) is 3.42. The van der Waals surface area contributed by atoms with Gasteiger partial charge in [0.1, 0.15) is 15.0 Å². The van der Waals surface area contributed by atoms with Crippen molar-refractivity contribution in [3.05, 3.63) is 49.2 Å². The Bertz CT molecular complexity index is 1360. The van der Waals surface area contributed by atoms with Gasteiger partial charge in [-0.2, -0.15) is 13.2 Å². The van der Waals surface area contributed by atoms with E-state index < -0.39 is 11.5 Å². The van der Waals surface area contributed by atoms with Gasteiger partial charge in [0.15, 0.2) is 0 Å². The second kappa shape index (κ2) is 11.8. The van der Waals surface area contributed by atoms with Gasteiger partial charge in [-0.1, -0.05) is 32.4 Å². The Morgan fingerprint density at radius 2 is 1.82 bits per heavy atom. The maximum Gasteiger partial charge on any atom is 0.446 e. The Balaban J connectivity index is 1.45. The number of benzene rings is 1. The molecule has 39 heavy (non-hydrogen) atoms. The molecule has 0 unspecified atom stereocenters. The number of nitrogens with zero attached hydrogens (tertiary/aromatic N) is 3. The first-order chi connectivity index (χ1) is 18.2. The maximum absolute atomic E-state index is 13.2. The lowest BCUT2D eigenvalue weighted by Crippen LogP contribution is -2.38. The summed E-state index contributed by atoms with van der Waals surface area (Å²) in [7, 11) is 0. The molecule has 0 saturated carbocycles. The zero-order chi connectivity index (χ0) is 28.5. The lowest BCUT2D eigenvalue weighted by Gasteiger charge is -2.31. The van der Waals surface area contributed by atoms with E-state index in [1.807, 2.05) is 26.8 Å². The number of carbonyl (C=O) groups excluding carboxylic acids is 1. The van der Waals surface area contributed by atoms with Gasteiger partial charge in [-0.05, 0) is 53.8 Å². The van der Waals surface area contributed by atoms with E-state index in [0.717, 1.165) is 10.6 Å². The van der Waals surface area contributed by atoms with Gasteiger partial charge in [-0.15, -0.1) is 22.7 Å². The third-order valence-corrected chi connectivity index (χ3v) is 9.33. The molecule has 3 aromatic rings. The summed E-state index contributed by atoms with van der Waals surface area (Å²) in [4.78, 5) is 34.5. The molecule has 6 nitrogen and oxygen atoms in total. The molecule has 1 saturated heterocycles. The van der Waals surface area contributed by atoms with Crippen molar-refractivity contribution in [2.24, 2.45) is 0 Å². The van der Waals surface area contributed by atoms with Crippen LogP contribution in [-0.4, -0.2) is 50.4 Å². The van der Waals surface area contributed by atoms with Crippen molar-refractivity contribution >= 4 is 57.9 Å². The number of amides is 1. The maximum atomic E-state index is 13.2. The summed E-state index contributed by atoms with van der Waals surface area (Å²) in [6.45, 7) is 6.91. The first-order valence-electron chi connectivity index (χ1n) is 12.2. The Morgan fingerprint density at radius 1 is 1.13 bits per heavy atom. The van der Waals surface area contributed by atoms with E-state index in [0.29, 0.717) is 52.2 Å². The molecule has 13 heteroatoms. The quantitative estimate of drug-likeness (QED) is 0.278. The third kappa shape index (κ3) is 7.96. The standard InChI is InChI=1S/C26H27ClF3N3O3S3/c1-25(2,3)16-8-15(9-18(10-16)39-26(28,29)30)22-23(27)38-24(32-22)14-4-6-33(7-5-14)20(34)12-19-31-17(13-37-19)11-21(35)36/h8-10,13-14H,4-7,11-12H2,1-3H3,(H,35,36). The number of rotatable bonds is 7. The highest BCUT2D eigenvalue weighted by Crippen LogP contribution is 2.43. The van der Waals surface area contributed by atoms with Crippen molar-refractivity contribution in [1.29, 1.82) is 0 Å². The molecule has 1 N–H and O–H groups in total. The molecule has 0 aliphatic carbocycles. The number of hydrogen-bond donors (Lipinski definition) is 1. The molecule has 1 aromatic carbocycles. The molecular weight excluding hydrogens is 591 g/mol. The molecule has 1 aliphatic heterocycles. The highest BCUT2D eigenvalue weighted by Gasteiger charge is 2.31. The molecule has 0 radical (unpaired) electrons. The molecule has 0 spiro atoms. The van der Waals surface area contributed by atoms with E-state index in [1.54, 1.807) is 16.3 Å². The van der Waals surface area contributed by atoms with Gasteiger partial charge in [0.2, 0.25) is 5.91 Å². The molecule has 1 fully saturated rings. The van der Waals surface area contributed by atoms with Crippen LogP contribution in [0.5, 0.6) is 0 Å². The first-order valence-corrected chi connectivity index (χ1v) is 15.1. The minimum Gasteiger partial charge on any atom is -0.481 e. The van der Waals surface area contributed by atoms with Crippen LogP contribution in [0.25, 0.3) is 11.3 Å². The SMILES string of the molecule is CC(C)(C)c1cc(SC(F)(F)F)cc(-c2nc(C3CCN(C(=O)Cc4nc(CC(=O)O)cs4)CC3)sc2Cl)c1. The van der Waals surface area contributed by atoms with Crippen LogP contribution < -0.4 is 0 Å². The number of carbonyl (C=O) groups is 2. The van der Waals surface area contributed by atoms with Crippen LogP contribution in [0.2, 0.25) is 4.34 Å². The normalized spacial score (nSPS) is 15.1. The second-order valence-electron chi connectivity index (χ2n) is 10.4. The van der Waals surface area contributed by atoms with Gasteiger partial charge in [-0.3, -0.25) is 9.59 Å². The van der Waals surface area contributed by atoms with Gasteiger partial charge < -0.3 is 10.0 Å². The summed E-state index contributed by atoms with van der Waals surface area (Å²) in [6.07, 6.45) is 1.34. The number of thiazole rings is 2. The van der Waals surface area contributed by atoms with Gasteiger partial charge in [0.05, 0.1) is 23.5 Å². The number of aromatic nitrogens is 2. The number of aliphatic carboxylic acids is 1. The lowest BCUT2D eigenvalue weighted by molar-refractivity contribution is -0.136. The van der Waals surface area contributed by atoms with E-state index in [4.69, 9.17) is 21.7 Å². The van der Waals surface area contributed by atoms with Crippen molar-refractivity contribution in [3.8, 4) is 11.3 Å². The zero-order valence-corrected chi connectivity index (χ0v) is 24.7. The minimum absolute atomic E-state index is 0.0591. The predicted octanol–water partition coefficient (Wildman–Crippen LogP) is 7.41. The largest absolute Gasteiger partial charge is 0.481 e. The van der Waals surface area contributed by atoms with Crippen molar-refractivity contribution < 1.29 is 27.9 Å². The van der Waals surface area contributed by atoms with Gasteiger partial charge in [0.25, 0.3) is 0 Å². The Hall–Kier alpha value is -2.15. The van der Waals surface area contributed by atoms with Gasteiger partial charge in [-0.25, -0.2) is 9.97 Å². The minimum atomic E-state index is -4.41. The molecule has 0 atom stereocenters. The fourth-order valence-corrected chi connectivity index (χ4v) is 7.11. The number of piperidine rings is 1. The Morgan fingerprint density at radius 3 is 2.44 bits per heavy atom. The summed E-state index contributed by atoms with van der Waals surface area (Å²) in [5.41, 5.74) is -2.53. The van der Waals surface area contributed by atoms with E-state index >= 15 is 0 Å². The predicted molar refractivity (Wildman–Crippen MR) is 149 cm³/mol. The number of likely N-dealkylation sites (tertiary alicyclic amines) is 1. The van der Waals surface area contributed by atoms with Crippen LogP contribution >= 0.6 is 46.0 Å². The monoisotopic (exact) mass is 617 g/mol. The average molecular weight is 618 g/mol. The fraction of sp³-hybridized carbons (Fsp3) is 0.462.